The summed E-state index contributed by atoms with van der Waals surface area (Å²) in [7, 11) is 1.77. The predicted molar refractivity (Wildman–Crippen MR) is 51.0 cm³/mol. The summed E-state index contributed by atoms with van der Waals surface area (Å²) >= 11 is 0. The summed E-state index contributed by atoms with van der Waals surface area (Å²) in [5, 5.41) is 3.23. The zero-order valence-electron chi connectivity index (χ0n) is 8.13. The molecule has 0 aromatic carbocycles. The first-order valence-electron chi connectivity index (χ1n) is 4.19. The number of carbonyl (C=O) groups excluding carboxylic acids is 1. The maximum atomic E-state index is 11.0. The first-order chi connectivity index (χ1) is 5.57. The van der Waals surface area contributed by atoms with Crippen LogP contribution in [0.5, 0.6) is 0 Å². The normalized spacial score (nSPS) is 10.0. The average Bonchev–Trinajstić information content (AvgIpc) is 2.02. The van der Waals surface area contributed by atoms with Gasteiger partial charge in [0.25, 0.3) is 0 Å². The van der Waals surface area contributed by atoms with Crippen LogP contribution in [0.25, 0.3) is 0 Å². The molecule has 0 rings (SSSR count). The predicted octanol–water partition coefficient (Wildman–Crippen LogP) is 0.629. The molecular weight excluding hydrogens is 152 g/mol. The maximum Gasteiger partial charge on any atom is 0.245 e. The zero-order valence-corrected chi connectivity index (χ0v) is 8.13. The Kier molecular flexibility index (Phi) is 5.37. The van der Waals surface area contributed by atoms with Crippen molar-refractivity contribution < 1.29 is 4.79 Å². The summed E-state index contributed by atoms with van der Waals surface area (Å²) in [4.78, 5) is 12.6. The minimum Gasteiger partial charge on any atom is -0.341 e. The van der Waals surface area contributed by atoms with Gasteiger partial charge in [0.15, 0.2) is 0 Å². The minimum absolute atomic E-state index is 0.0273. The van der Waals surface area contributed by atoms with Crippen LogP contribution in [0.1, 0.15) is 13.8 Å². The Bertz CT molecular complexity index is 155. The van der Waals surface area contributed by atoms with Gasteiger partial charge in [-0.05, 0) is 6.08 Å². The molecular formula is C9H18N2O. The molecule has 0 saturated carbocycles. The molecule has 0 spiro atoms. The molecule has 0 fully saturated rings. The second-order valence-electron chi connectivity index (χ2n) is 3.07. The lowest BCUT2D eigenvalue weighted by Crippen LogP contribution is -2.35. The smallest absolute Gasteiger partial charge is 0.245 e. The molecule has 3 heteroatoms. The summed E-state index contributed by atoms with van der Waals surface area (Å²) in [6.07, 6.45) is 1.33. The molecule has 12 heavy (non-hydrogen) atoms. The lowest BCUT2D eigenvalue weighted by atomic mass is 10.4. The van der Waals surface area contributed by atoms with E-state index in [2.05, 4.69) is 25.7 Å². The van der Waals surface area contributed by atoms with Crippen molar-refractivity contribution in [3.8, 4) is 0 Å². The molecule has 0 heterocycles. The van der Waals surface area contributed by atoms with E-state index in [0.29, 0.717) is 6.04 Å². The van der Waals surface area contributed by atoms with E-state index >= 15 is 0 Å². The van der Waals surface area contributed by atoms with Gasteiger partial charge in [-0.3, -0.25) is 4.79 Å². The van der Waals surface area contributed by atoms with Crippen molar-refractivity contribution in [1.29, 1.82) is 0 Å². The molecule has 0 aliphatic heterocycles. The Morgan fingerprint density at radius 3 is 2.67 bits per heavy atom. The molecule has 0 atom stereocenters. The SMILES string of the molecule is C=CC(=O)N(C)CCNC(C)C. The molecule has 1 amide bonds. The molecule has 1 N–H and O–H groups in total. The molecule has 0 aromatic heterocycles. The van der Waals surface area contributed by atoms with E-state index in [0.717, 1.165) is 13.1 Å². The summed E-state index contributed by atoms with van der Waals surface area (Å²) in [6.45, 7) is 9.12. The van der Waals surface area contributed by atoms with Crippen LogP contribution in [0.3, 0.4) is 0 Å². The highest BCUT2D eigenvalue weighted by Gasteiger charge is 2.02. The highest BCUT2D eigenvalue weighted by Crippen LogP contribution is 1.84. The summed E-state index contributed by atoms with van der Waals surface area (Å²) in [5.74, 6) is -0.0273. The van der Waals surface area contributed by atoms with Crippen molar-refractivity contribution in [3.05, 3.63) is 12.7 Å². The van der Waals surface area contributed by atoms with Crippen LogP contribution in [0.15, 0.2) is 12.7 Å². The highest BCUT2D eigenvalue weighted by atomic mass is 16.2. The van der Waals surface area contributed by atoms with E-state index in [1.165, 1.54) is 6.08 Å². The Balaban J connectivity index is 3.50. The van der Waals surface area contributed by atoms with Gasteiger partial charge in [-0.2, -0.15) is 0 Å². The fourth-order valence-electron chi connectivity index (χ4n) is 0.787. The van der Waals surface area contributed by atoms with E-state index < -0.39 is 0 Å². The summed E-state index contributed by atoms with van der Waals surface area (Å²) in [6, 6.07) is 0.470. The van der Waals surface area contributed by atoms with Crippen molar-refractivity contribution >= 4 is 5.91 Å². The van der Waals surface area contributed by atoms with Gasteiger partial charge < -0.3 is 10.2 Å². The van der Waals surface area contributed by atoms with Crippen LogP contribution < -0.4 is 5.32 Å². The van der Waals surface area contributed by atoms with E-state index in [1.54, 1.807) is 11.9 Å². The maximum absolute atomic E-state index is 11.0. The molecule has 0 aromatic rings. The van der Waals surface area contributed by atoms with Crippen molar-refractivity contribution in [2.45, 2.75) is 19.9 Å². The standard InChI is InChI=1S/C9H18N2O/c1-5-9(12)11(4)7-6-10-8(2)3/h5,8,10H,1,6-7H2,2-4H3. The van der Waals surface area contributed by atoms with Gasteiger partial charge in [-0.15, -0.1) is 0 Å². The summed E-state index contributed by atoms with van der Waals surface area (Å²) in [5.41, 5.74) is 0. The Morgan fingerprint density at radius 1 is 1.67 bits per heavy atom. The zero-order chi connectivity index (χ0) is 9.56. The number of nitrogens with zero attached hydrogens (tertiary/aromatic N) is 1. The third-order valence-corrected chi connectivity index (χ3v) is 1.55. The van der Waals surface area contributed by atoms with E-state index in [1.807, 2.05) is 0 Å². The fraction of sp³-hybridized carbons (Fsp3) is 0.667. The third kappa shape index (κ3) is 4.91. The fourth-order valence-corrected chi connectivity index (χ4v) is 0.787. The Hall–Kier alpha value is -0.830. The third-order valence-electron chi connectivity index (χ3n) is 1.55. The van der Waals surface area contributed by atoms with Crippen molar-refractivity contribution in [2.75, 3.05) is 20.1 Å². The van der Waals surface area contributed by atoms with Gasteiger partial charge in [0.1, 0.15) is 0 Å². The molecule has 0 radical (unpaired) electrons. The van der Waals surface area contributed by atoms with E-state index in [-0.39, 0.29) is 5.91 Å². The molecule has 3 nitrogen and oxygen atoms in total. The van der Waals surface area contributed by atoms with Gasteiger partial charge in [-0.1, -0.05) is 20.4 Å². The van der Waals surface area contributed by atoms with E-state index in [9.17, 15) is 4.79 Å². The number of rotatable bonds is 5. The van der Waals surface area contributed by atoms with Gasteiger partial charge >= 0.3 is 0 Å². The van der Waals surface area contributed by atoms with Crippen LogP contribution in [0, 0.1) is 0 Å². The van der Waals surface area contributed by atoms with Crippen molar-refractivity contribution in [2.24, 2.45) is 0 Å². The first kappa shape index (κ1) is 11.2. The monoisotopic (exact) mass is 170 g/mol. The minimum atomic E-state index is -0.0273. The van der Waals surface area contributed by atoms with Crippen LogP contribution in [-0.4, -0.2) is 37.0 Å². The topological polar surface area (TPSA) is 32.3 Å². The van der Waals surface area contributed by atoms with Crippen molar-refractivity contribution in [1.82, 2.24) is 10.2 Å². The largest absolute Gasteiger partial charge is 0.341 e. The number of nitrogens with one attached hydrogen (secondary N) is 1. The van der Waals surface area contributed by atoms with Gasteiger partial charge in [0, 0.05) is 26.2 Å². The number of hydrogen-bond acceptors (Lipinski definition) is 2. The molecule has 0 unspecified atom stereocenters. The lowest BCUT2D eigenvalue weighted by molar-refractivity contribution is -0.124. The quantitative estimate of drug-likeness (QED) is 0.614. The second-order valence-corrected chi connectivity index (χ2v) is 3.07. The second kappa shape index (κ2) is 5.77. The van der Waals surface area contributed by atoms with Gasteiger partial charge in [-0.25, -0.2) is 0 Å². The Labute approximate surface area is 74.4 Å². The lowest BCUT2D eigenvalue weighted by Gasteiger charge is -2.16. The highest BCUT2D eigenvalue weighted by molar-refractivity contribution is 5.86. The first-order valence-corrected chi connectivity index (χ1v) is 4.19. The molecule has 0 aliphatic rings. The van der Waals surface area contributed by atoms with Crippen LogP contribution in [0.4, 0.5) is 0 Å². The van der Waals surface area contributed by atoms with Gasteiger partial charge in [0.2, 0.25) is 5.91 Å². The number of likely N-dealkylation sites (N-methyl/N-ethyl adjacent to an activating group) is 1. The Morgan fingerprint density at radius 2 is 2.25 bits per heavy atom. The summed E-state index contributed by atoms with van der Waals surface area (Å²) < 4.78 is 0. The molecule has 0 aliphatic carbocycles. The van der Waals surface area contributed by atoms with Crippen LogP contribution >= 0.6 is 0 Å². The van der Waals surface area contributed by atoms with Crippen LogP contribution in [0.2, 0.25) is 0 Å². The molecule has 70 valence electrons. The van der Waals surface area contributed by atoms with Crippen LogP contribution in [-0.2, 0) is 4.79 Å². The molecule has 0 saturated heterocycles. The average molecular weight is 170 g/mol. The molecule has 0 bridgehead atoms. The number of hydrogen-bond donors (Lipinski definition) is 1. The number of amides is 1. The number of carbonyl (C=O) groups is 1. The van der Waals surface area contributed by atoms with Crippen molar-refractivity contribution in [3.63, 3.8) is 0 Å². The van der Waals surface area contributed by atoms with Gasteiger partial charge in [0.05, 0.1) is 0 Å². The van der Waals surface area contributed by atoms with E-state index in [4.69, 9.17) is 0 Å².